The van der Waals surface area contributed by atoms with Crippen molar-refractivity contribution in [2.24, 2.45) is 0 Å². The summed E-state index contributed by atoms with van der Waals surface area (Å²) in [5.74, 6) is 0.124. The molecule has 1 aromatic carbocycles. The number of carboxylic acids is 1. The summed E-state index contributed by atoms with van der Waals surface area (Å²) in [5.41, 5.74) is 3.09. The molecule has 0 fully saturated rings. The highest BCUT2D eigenvalue weighted by Gasteiger charge is 2.18. The number of nitrogens with zero attached hydrogens (tertiary/aromatic N) is 3. The van der Waals surface area contributed by atoms with Crippen molar-refractivity contribution in [3.8, 4) is 0 Å². The highest BCUT2D eigenvalue weighted by Crippen LogP contribution is 2.24. The van der Waals surface area contributed by atoms with E-state index in [4.69, 9.17) is 10.1 Å². The monoisotopic (exact) mass is 275 g/mol. The molecule has 0 radical (unpaired) electrons. The first-order valence-corrected chi connectivity index (χ1v) is 6.75. The van der Waals surface area contributed by atoms with Crippen LogP contribution in [0.5, 0.6) is 0 Å². The molecule has 0 saturated heterocycles. The topological polar surface area (TPSA) is 58.4 Å². The Balaban J connectivity index is 2.53. The molecule has 0 aliphatic heterocycles. The van der Waals surface area contributed by atoms with Crippen LogP contribution in [0.4, 0.5) is 0 Å². The molecule has 1 heterocycles. The van der Waals surface area contributed by atoms with Crippen LogP contribution in [0.1, 0.15) is 30.8 Å². The van der Waals surface area contributed by atoms with Gasteiger partial charge in [-0.1, -0.05) is 6.07 Å². The maximum Gasteiger partial charge on any atom is 0.305 e. The van der Waals surface area contributed by atoms with Crippen molar-refractivity contribution < 1.29 is 9.90 Å². The summed E-state index contributed by atoms with van der Waals surface area (Å²) in [5, 5.41) is 8.92. The number of benzene rings is 1. The summed E-state index contributed by atoms with van der Waals surface area (Å²) in [6.45, 7) is 4.55. The van der Waals surface area contributed by atoms with E-state index in [2.05, 4.69) is 11.8 Å². The van der Waals surface area contributed by atoms with Gasteiger partial charge in [-0.05, 0) is 45.6 Å². The van der Waals surface area contributed by atoms with E-state index in [0.29, 0.717) is 6.54 Å². The van der Waals surface area contributed by atoms with Gasteiger partial charge in [0.2, 0.25) is 0 Å². The summed E-state index contributed by atoms with van der Waals surface area (Å²) in [7, 11) is 3.99. The molecule has 0 saturated carbocycles. The van der Waals surface area contributed by atoms with E-state index in [-0.39, 0.29) is 12.5 Å². The highest BCUT2D eigenvalue weighted by molar-refractivity contribution is 5.77. The van der Waals surface area contributed by atoms with Gasteiger partial charge in [0, 0.05) is 6.54 Å². The van der Waals surface area contributed by atoms with E-state index in [0.717, 1.165) is 22.4 Å². The van der Waals surface area contributed by atoms with Crippen molar-refractivity contribution in [1.82, 2.24) is 14.5 Å². The zero-order chi connectivity index (χ0) is 14.9. The van der Waals surface area contributed by atoms with Gasteiger partial charge in [-0.2, -0.15) is 0 Å². The predicted octanol–water partition coefficient (Wildman–Crippen LogP) is 2.44. The summed E-state index contributed by atoms with van der Waals surface area (Å²) < 4.78 is 2.02. The average molecular weight is 275 g/mol. The Labute approximate surface area is 118 Å². The third kappa shape index (κ3) is 2.82. The number of aliphatic carboxylic acids is 1. The number of aromatic nitrogens is 2. The minimum atomic E-state index is -0.789. The van der Waals surface area contributed by atoms with Gasteiger partial charge in [0.05, 0.1) is 23.5 Å². The fourth-order valence-corrected chi connectivity index (χ4v) is 2.25. The number of aryl methyl sites for hydroxylation is 2. The number of hydrogen-bond acceptors (Lipinski definition) is 3. The maximum atomic E-state index is 10.9. The van der Waals surface area contributed by atoms with Gasteiger partial charge in [-0.25, -0.2) is 4.98 Å². The molecule has 108 valence electrons. The van der Waals surface area contributed by atoms with Gasteiger partial charge < -0.3 is 9.67 Å². The first kappa shape index (κ1) is 14.5. The van der Waals surface area contributed by atoms with Crippen LogP contribution in [0.2, 0.25) is 0 Å². The Morgan fingerprint density at radius 3 is 2.75 bits per heavy atom. The average Bonchev–Trinajstić information content (AvgIpc) is 2.72. The van der Waals surface area contributed by atoms with Crippen LogP contribution in [0.25, 0.3) is 11.0 Å². The lowest BCUT2D eigenvalue weighted by Gasteiger charge is -2.20. The van der Waals surface area contributed by atoms with Crippen molar-refractivity contribution in [3.63, 3.8) is 0 Å². The Morgan fingerprint density at radius 2 is 2.15 bits per heavy atom. The van der Waals surface area contributed by atoms with Crippen molar-refractivity contribution in [3.05, 3.63) is 29.6 Å². The summed E-state index contributed by atoms with van der Waals surface area (Å²) in [6.07, 6.45) is 0.104. The molecule has 2 aromatic rings. The quantitative estimate of drug-likeness (QED) is 0.910. The molecule has 1 unspecified atom stereocenters. The number of carboxylic acid groups (broad SMARTS) is 1. The summed E-state index contributed by atoms with van der Waals surface area (Å²) in [6, 6.07) is 6.23. The molecular formula is C15H21N3O2. The molecule has 0 aliphatic rings. The van der Waals surface area contributed by atoms with Crippen molar-refractivity contribution in [1.29, 1.82) is 0 Å². The van der Waals surface area contributed by atoms with E-state index in [9.17, 15) is 4.79 Å². The summed E-state index contributed by atoms with van der Waals surface area (Å²) >= 11 is 0. The molecule has 5 nitrogen and oxygen atoms in total. The van der Waals surface area contributed by atoms with Gasteiger partial charge in [-0.15, -0.1) is 0 Å². The number of rotatable bonds is 5. The largest absolute Gasteiger partial charge is 0.481 e. The normalized spacial score (nSPS) is 13.1. The molecule has 1 aromatic heterocycles. The van der Waals surface area contributed by atoms with E-state index in [1.807, 2.05) is 43.8 Å². The van der Waals surface area contributed by atoms with Crippen molar-refractivity contribution >= 4 is 17.0 Å². The molecule has 0 bridgehead atoms. The first-order chi connectivity index (χ1) is 9.40. The SMILES string of the molecule is Cc1ccc2c(c1)nc(C(C)N(C)C)n2CCC(=O)O. The third-order valence-electron chi connectivity index (χ3n) is 3.63. The Bertz CT molecular complexity index is 631. The van der Waals surface area contributed by atoms with E-state index < -0.39 is 5.97 Å². The standard InChI is InChI=1S/C15H21N3O2/c1-10-5-6-13-12(9-10)16-15(11(2)17(3)4)18(13)8-7-14(19)20/h5-6,9,11H,7-8H2,1-4H3,(H,19,20). The molecule has 0 spiro atoms. The zero-order valence-electron chi connectivity index (χ0n) is 12.4. The second kappa shape index (κ2) is 5.63. The molecule has 0 aliphatic carbocycles. The van der Waals surface area contributed by atoms with Crippen LogP contribution < -0.4 is 0 Å². The van der Waals surface area contributed by atoms with E-state index in [1.165, 1.54) is 0 Å². The lowest BCUT2D eigenvalue weighted by Crippen LogP contribution is -2.21. The number of hydrogen-bond donors (Lipinski definition) is 1. The lowest BCUT2D eigenvalue weighted by molar-refractivity contribution is -0.137. The van der Waals surface area contributed by atoms with Crippen LogP contribution in [-0.2, 0) is 11.3 Å². The Hall–Kier alpha value is -1.88. The van der Waals surface area contributed by atoms with Gasteiger partial charge in [0.15, 0.2) is 0 Å². The molecule has 5 heteroatoms. The Morgan fingerprint density at radius 1 is 1.45 bits per heavy atom. The molecule has 1 N–H and O–H groups in total. The van der Waals surface area contributed by atoms with Crippen molar-refractivity contribution in [2.75, 3.05) is 14.1 Å². The second-order valence-electron chi connectivity index (χ2n) is 5.40. The third-order valence-corrected chi connectivity index (χ3v) is 3.63. The second-order valence-corrected chi connectivity index (χ2v) is 5.40. The van der Waals surface area contributed by atoms with Gasteiger partial charge in [0.25, 0.3) is 0 Å². The number of imidazole rings is 1. The first-order valence-electron chi connectivity index (χ1n) is 6.75. The van der Waals surface area contributed by atoms with Crippen molar-refractivity contribution in [2.45, 2.75) is 32.9 Å². The number of fused-ring (bicyclic) bond motifs is 1. The van der Waals surface area contributed by atoms with Crippen LogP contribution in [-0.4, -0.2) is 39.6 Å². The molecule has 20 heavy (non-hydrogen) atoms. The van der Waals surface area contributed by atoms with Gasteiger partial charge >= 0.3 is 5.97 Å². The minimum Gasteiger partial charge on any atom is -0.481 e. The van der Waals surface area contributed by atoms with Crippen LogP contribution >= 0.6 is 0 Å². The van der Waals surface area contributed by atoms with Gasteiger partial charge in [-0.3, -0.25) is 9.69 Å². The molecule has 1 atom stereocenters. The maximum absolute atomic E-state index is 10.9. The summed E-state index contributed by atoms with van der Waals surface area (Å²) in [4.78, 5) is 17.6. The van der Waals surface area contributed by atoms with Gasteiger partial charge in [0.1, 0.15) is 5.82 Å². The number of carbonyl (C=O) groups is 1. The fraction of sp³-hybridized carbons (Fsp3) is 0.467. The zero-order valence-corrected chi connectivity index (χ0v) is 12.4. The fourth-order valence-electron chi connectivity index (χ4n) is 2.25. The smallest absolute Gasteiger partial charge is 0.305 e. The van der Waals surface area contributed by atoms with Crippen LogP contribution in [0.3, 0.4) is 0 Å². The predicted molar refractivity (Wildman–Crippen MR) is 78.8 cm³/mol. The van der Waals surface area contributed by atoms with Crippen LogP contribution in [0.15, 0.2) is 18.2 Å². The highest BCUT2D eigenvalue weighted by atomic mass is 16.4. The molecular weight excluding hydrogens is 254 g/mol. The molecule has 2 rings (SSSR count). The Kier molecular flexibility index (Phi) is 4.09. The van der Waals surface area contributed by atoms with E-state index in [1.54, 1.807) is 0 Å². The minimum absolute atomic E-state index is 0.104. The molecule has 0 amide bonds. The van der Waals surface area contributed by atoms with Crippen LogP contribution in [0, 0.1) is 6.92 Å². The lowest BCUT2D eigenvalue weighted by atomic mass is 10.2. The van der Waals surface area contributed by atoms with E-state index >= 15 is 0 Å².